The standard InChI is InChI=1S/C22H28N2O4/c1-13-17-10-15(11-22(26-3)19(17)21(25-2)27-20(13)28-22)23-9-8-14-12-24-18-7-5-4-6-16(14)18/h4-7,12,15,17,19-21,23-24H,1,8-11H2,2-3H3/t15-,17+,19+,20-,21+,22+/m0/s1. The fourth-order valence-electron chi connectivity index (χ4n) is 5.36. The van der Waals surface area contributed by atoms with Gasteiger partial charge in [0.15, 0.2) is 18.4 Å². The summed E-state index contributed by atoms with van der Waals surface area (Å²) < 4.78 is 23.6. The highest BCUT2D eigenvalue weighted by molar-refractivity contribution is 5.83. The first-order valence-corrected chi connectivity index (χ1v) is 10.0. The summed E-state index contributed by atoms with van der Waals surface area (Å²) in [4.78, 5) is 3.35. The predicted molar refractivity (Wildman–Crippen MR) is 106 cm³/mol. The second-order valence-electron chi connectivity index (χ2n) is 8.11. The molecule has 6 heteroatoms. The highest BCUT2D eigenvalue weighted by Gasteiger charge is 2.64. The normalized spacial score (nSPS) is 36.9. The van der Waals surface area contributed by atoms with Gasteiger partial charge in [-0.05, 0) is 42.5 Å². The maximum atomic E-state index is 6.21. The van der Waals surface area contributed by atoms with E-state index >= 15 is 0 Å². The van der Waals surface area contributed by atoms with E-state index in [1.165, 1.54) is 16.5 Å². The quantitative estimate of drug-likeness (QED) is 0.750. The van der Waals surface area contributed by atoms with Gasteiger partial charge in [-0.25, -0.2) is 0 Å². The van der Waals surface area contributed by atoms with E-state index in [0.29, 0.717) is 6.04 Å². The Hall–Kier alpha value is -1.70. The van der Waals surface area contributed by atoms with Gasteiger partial charge >= 0.3 is 0 Å². The maximum Gasteiger partial charge on any atom is 0.186 e. The average molecular weight is 384 g/mol. The molecule has 2 aromatic rings. The molecule has 1 saturated carbocycles. The number of aromatic nitrogens is 1. The molecule has 4 heterocycles. The molecule has 4 aliphatic rings. The van der Waals surface area contributed by atoms with E-state index in [1.54, 1.807) is 14.2 Å². The number of ether oxygens (including phenoxy) is 4. The highest BCUT2D eigenvalue weighted by atomic mass is 16.8. The van der Waals surface area contributed by atoms with Crippen LogP contribution in [-0.4, -0.2) is 50.2 Å². The van der Waals surface area contributed by atoms with E-state index in [4.69, 9.17) is 18.9 Å². The summed E-state index contributed by atoms with van der Waals surface area (Å²) in [5.74, 6) is -0.380. The van der Waals surface area contributed by atoms with E-state index in [9.17, 15) is 0 Å². The Balaban J connectivity index is 1.28. The van der Waals surface area contributed by atoms with Crippen molar-refractivity contribution in [2.45, 2.75) is 43.7 Å². The number of hydrogen-bond donors (Lipinski definition) is 2. The molecule has 150 valence electrons. The van der Waals surface area contributed by atoms with Gasteiger partial charge in [-0.1, -0.05) is 24.8 Å². The zero-order valence-electron chi connectivity index (χ0n) is 16.4. The molecule has 4 fully saturated rings. The van der Waals surface area contributed by atoms with Gasteiger partial charge in [0.25, 0.3) is 0 Å². The van der Waals surface area contributed by atoms with Gasteiger partial charge < -0.3 is 29.2 Å². The zero-order valence-corrected chi connectivity index (χ0v) is 16.4. The fraction of sp³-hybridized carbons (Fsp3) is 0.545. The number of para-hydroxylation sites is 1. The summed E-state index contributed by atoms with van der Waals surface area (Å²) in [6, 6.07) is 8.74. The van der Waals surface area contributed by atoms with E-state index in [2.05, 4.69) is 47.3 Å². The summed E-state index contributed by atoms with van der Waals surface area (Å²) in [5, 5.41) is 5.03. The van der Waals surface area contributed by atoms with Crippen LogP contribution < -0.4 is 5.32 Å². The summed E-state index contributed by atoms with van der Waals surface area (Å²) in [7, 11) is 3.41. The largest absolute Gasteiger partial charge is 0.361 e. The molecule has 0 amide bonds. The molecule has 1 aromatic carbocycles. The lowest BCUT2D eigenvalue weighted by Gasteiger charge is -2.61. The molecule has 0 unspecified atom stereocenters. The number of benzene rings is 1. The van der Waals surface area contributed by atoms with Crippen LogP contribution in [0.1, 0.15) is 18.4 Å². The Morgan fingerprint density at radius 1 is 1.32 bits per heavy atom. The zero-order chi connectivity index (χ0) is 19.3. The molecular formula is C22H28N2O4. The Bertz CT molecular complexity index is 880. The van der Waals surface area contributed by atoms with Crippen molar-refractivity contribution < 1.29 is 18.9 Å². The molecular weight excluding hydrogens is 356 g/mol. The van der Waals surface area contributed by atoms with Crippen LogP contribution in [-0.2, 0) is 25.4 Å². The van der Waals surface area contributed by atoms with Gasteiger partial charge in [0.2, 0.25) is 0 Å². The van der Waals surface area contributed by atoms with Crippen molar-refractivity contribution in [3.8, 4) is 0 Å². The van der Waals surface area contributed by atoms with Crippen molar-refractivity contribution in [3.05, 3.63) is 48.2 Å². The van der Waals surface area contributed by atoms with Gasteiger partial charge in [0, 0.05) is 43.8 Å². The van der Waals surface area contributed by atoms with Crippen LogP contribution in [0.25, 0.3) is 10.9 Å². The molecule has 1 aromatic heterocycles. The minimum Gasteiger partial charge on any atom is -0.361 e. The molecule has 6 atom stereocenters. The second kappa shape index (κ2) is 6.97. The van der Waals surface area contributed by atoms with Crippen LogP contribution in [0.4, 0.5) is 0 Å². The minimum absolute atomic E-state index is 0.0201. The van der Waals surface area contributed by atoms with Crippen molar-refractivity contribution in [2.75, 3.05) is 20.8 Å². The van der Waals surface area contributed by atoms with Crippen molar-refractivity contribution in [1.82, 2.24) is 10.3 Å². The third kappa shape index (κ3) is 2.75. The first-order valence-electron chi connectivity index (χ1n) is 10.0. The van der Waals surface area contributed by atoms with Crippen LogP contribution in [0.3, 0.4) is 0 Å². The van der Waals surface area contributed by atoms with Crippen molar-refractivity contribution in [3.63, 3.8) is 0 Å². The number of H-pyrrole nitrogens is 1. The fourth-order valence-corrected chi connectivity index (χ4v) is 5.36. The molecule has 0 spiro atoms. The van der Waals surface area contributed by atoms with Crippen LogP contribution in [0.2, 0.25) is 0 Å². The second-order valence-corrected chi connectivity index (χ2v) is 8.11. The molecule has 6 rings (SSSR count). The van der Waals surface area contributed by atoms with Crippen molar-refractivity contribution in [2.24, 2.45) is 11.8 Å². The molecule has 3 saturated heterocycles. The number of nitrogens with one attached hydrogen (secondary N) is 2. The summed E-state index contributed by atoms with van der Waals surface area (Å²) in [6.45, 7) is 5.15. The van der Waals surface area contributed by atoms with Gasteiger partial charge in [-0.15, -0.1) is 0 Å². The molecule has 0 radical (unpaired) electrons. The number of hydrogen-bond acceptors (Lipinski definition) is 5. The van der Waals surface area contributed by atoms with Crippen LogP contribution in [0, 0.1) is 11.8 Å². The lowest BCUT2D eigenvalue weighted by Crippen LogP contribution is -2.69. The summed E-state index contributed by atoms with van der Waals surface area (Å²) in [6.07, 6.45) is 4.14. The van der Waals surface area contributed by atoms with Gasteiger partial charge in [0.1, 0.15) is 0 Å². The van der Waals surface area contributed by atoms with Gasteiger partial charge in [-0.2, -0.15) is 0 Å². The number of fused-ring (bicyclic) bond motifs is 2. The summed E-state index contributed by atoms with van der Waals surface area (Å²) >= 11 is 0. The lowest BCUT2D eigenvalue weighted by atomic mass is 9.66. The van der Waals surface area contributed by atoms with Crippen molar-refractivity contribution >= 4 is 10.9 Å². The Morgan fingerprint density at radius 3 is 3.00 bits per heavy atom. The predicted octanol–water partition coefficient (Wildman–Crippen LogP) is 2.95. The van der Waals surface area contributed by atoms with E-state index in [0.717, 1.165) is 31.4 Å². The van der Waals surface area contributed by atoms with Crippen LogP contribution in [0.15, 0.2) is 42.6 Å². The third-order valence-corrected chi connectivity index (χ3v) is 6.73. The van der Waals surface area contributed by atoms with E-state index in [1.807, 2.05) is 0 Å². The van der Waals surface area contributed by atoms with Crippen molar-refractivity contribution in [1.29, 1.82) is 0 Å². The SMILES string of the molecule is C=C1[C@H]2O[C@@H](OC)[C@H]3[C@@H]1C[C@H](NCCc1c[nH]c4ccccc14)C[C@@]3(OC)O2. The molecule has 4 bridgehead atoms. The monoisotopic (exact) mass is 384 g/mol. The minimum atomic E-state index is -0.674. The van der Waals surface area contributed by atoms with Gasteiger partial charge in [-0.3, -0.25) is 0 Å². The topological polar surface area (TPSA) is 64.7 Å². The van der Waals surface area contributed by atoms with Crippen LogP contribution in [0.5, 0.6) is 0 Å². The number of aromatic amines is 1. The maximum absolute atomic E-state index is 6.21. The Kier molecular flexibility index (Phi) is 4.56. The first-order chi connectivity index (χ1) is 13.6. The molecule has 2 N–H and O–H groups in total. The lowest BCUT2D eigenvalue weighted by molar-refractivity contribution is -0.445. The molecule has 28 heavy (non-hydrogen) atoms. The number of rotatable bonds is 6. The molecule has 6 nitrogen and oxygen atoms in total. The van der Waals surface area contributed by atoms with Crippen LogP contribution >= 0.6 is 0 Å². The Morgan fingerprint density at radius 2 is 2.18 bits per heavy atom. The molecule has 1 aliphatic carbocycles. The van der Waals surface area contributed by atoms with E-state index < -0.39 is 12.1 Å². The van der Waals surface area contributed by atoms with E-state index in [-0.39, 0.29) is 18.1 Å². The number of methoxy groups -OCH3 is 2. The molecule has 3 aliphatic heterocycles. The highest BCUT2D eigenvalue weighted by Crippen LogP contribution is 2.56. The third-order valence-electron chi connectivity index (χ3n) is 6.73. The smallest absolute Gasteiger partial charge is 0.186 e. The average Bonchev–Trinajstić information content (AvgIpc) is 3.14. The van der Waals surface area contributed by atoms with Gasteiger partial charge in [0.05, 0.1) is 5.92 Å². The summed E-state index contributed by atoms with van der Waals surface area (Å²) in [5.41, 5.74) is 3.54. The first kappa shape index (κ1) is 18.3. The Labute approximate surface area is 165 Å².